The first-order valence-corrected chi connectivity index (χ1v) is 46.5. The van der Waals surface area contributed by atoms with Gasteiger partial charge in [-0.05, 0) is 185 Å². The van der Waals surface area contributed by atoms with Gasteiger partial charge in [0.15, 0.2) is 11.0 Å². The van der Waals surface area contributed by atoms with E-state index in [1.807, 2.05) is 91.9 Å². The lowest BCUT2D eigenvalue weighted by Gasteiger charge is -2.41. The number of aryl methyl sites for hydroxylation is 1. The summed E-state index contributed by atoms with van der Waals surface area (Å²) in [6.07, 6.45) is 16.3. The first-order chi connectivity index (χ1) is 62.2. The summed E-state index contributed by atoms with van der Waals surface area (Å²) in [6.45, 7) is 52.1. The fourth-order valence-corrected chi connectivity index (χ4v) is 15.4. The minimum absolute atomic E-state index is 0.00915. The molecule has 8 aromatic rings. The van der Waals surface area contributed by atoms with Crippen LogP contribution in [-0.4, -0.2) is 330 Å². The summed E-state index contributed by atoms with van der Waals surface area (Å²) in [5.74, 6) is 5.27. The molecule has 0 amide bonds. The summed E-state index contributed by atoms with van der Waals surface area (Å²) in [6, 6.07) is 37.6. The molecule has 0 radical (unpaired) electrons. The zero-order valence-corrected chi connectivity index (χ0v) is 80.9. The van der Waals surface area contributed by atoms with Crippen LogP contribution in [0.5, 0.6) is 58.4 Å². The molecule has 8 N–H and O–H groups in total. The molecule has 9 atom stereocenters. The number of pyridine rings is 6. The molecular weight excluding hydrogens is 1680 g/mol. The van der Waals surface area contributed by atoms with E-state index in [2.05, 4.69) is 200 Å². The Bertz CT molecular complexity index is 4330. The van der Waals surface area contributed by atoms with Crippen LogP contribution in [0.1, 0.15) is 136 Å². The molecule has 32 nitrogen and oxygen atoms in total. The molecule has 34 heteroatoms. The minimum Gasteiger partial charge on any atom is -0.486 e. The maximum atomic E-state index is 13.5. The highest BCUT2D eigenvalue weighted by molar-refractivity contribution is 6.29. The van der Waals surface area contributed by atoms with Crippen LogP contribution >= 0.6 is 11.6 Å². The standard InChI is InChI=1S/C13H20FN3O2.C13H21N3O2.C13H21N3O.C12H19N3O.C12H18N2O.C11H17ClN4O.2C11H16N2O/c1-8(2)17-6-11(15)12(7-17)19-9-4-10(14)13(18-3)16-5-9;1-9(2)16-7-11(14)12(8-16)18-10-4-5-13(17-3)15-6-10;1-10(2)16-8-6-12(7-9-16)17-13-5-4-11(3)14-15-13;1-9(2)15-7-10(13)11(8-15)16-12-5-3-4-6-14-12;1-10(2)14-8-6-11(9-14)15-12-5-3-4-7-13-12;1-7(2)16-5-8(13)9(6-16)17-11-4-3-10(12)14-15-11;1-9(2)13-7-11(8-13)14-10-4-3-5-12-6-10;1-9(2)13-7-10(8-13)14-11-5-3-4-6-12-11/h4-5,8,11-12H,6-7,15H2,1-3H3;4-6,9,11-12H,7-8,14H2,1-3H3;4-5,10,12H,6-9H2,1-3H3;3-6,9-11H,7-8,13H2,1-2H3;3-5,7,10-11H,6,8-9H2,1-2H3;3-4,7-9H,5-6,13H2,1-2H3;3-6,9,11H,7-8H2,1-2H3;3-6,9-10H,7-8H2,1-2H3. The van der Waals surface area contributed by atoms with Gasteiger partial charge in [0.1, 0.15) is 66.1 Å². The highest BCUT2D eigenvalue weighted by Crippen LogP contribution is 2.28. The molecule has 8 aliphatic rings. The lowest BCUT2D eigenvalue weighted by molar-refractivity contribution is -0.00227. The van der Waals surface area contributed by atoms with Gasteiger partial charge in [0.25, 0.3) is 0 Å². The van der Waals surface area contributed by atoms with Crippen LogP contribution < -0.4 is 70.3 Å². The Labute approximate surface area is 776 Å². The number of hydrogen-bond donors (Lipinski definition) is 4. The van der Waals surface area contributed by atoms with Crippen molar-refractivity contribution in [2.45, 2.75) is 258 Å². The van der Waals surface area contributed by atoms with E-state index in [0.717, 1.165) is 153 Å². The molecule has 0 saturated carbocycles. The van der Waals surface area contributed by atoms with Gasteiger partial charge in [-0.2, -0.15) is 5.10 Å². The largest absolute Gasteiger partial charge is 0.486 e. The predicted octanol–water partition coefficient (Wildman–Crippen LogP) is 10.8. The smallest absolute Gasteiger partial charge is 0.250 e. The van der Waals surface area contributed by atoms with Crippen molar-refractivity contribution >= 4 is 11.6 Å². The van der Waals surface area contributed by atoms with E-state index < -0.39 is 5.82 Å². The van der Waals surface area contributed by atoms with Gasteiger partial charge in [-0.25, -0.2) is 29.3 Å². The van der Waals surface area contributed by atoms with Crippen molar-refractivity contribution in [2.75, 3.05) is 119 Å². The maximum Gasteiger partial charge on any atom is 0.250 e. The molecule has 8 aromatic heterocycles. The minimum atomic E-state index is -0.535. The Morgan fingerprint density at radius 3 is 1.10 bits per heavy atom. The summed E-state index contributed by atoms with van der Waals surface area (Å²) in [7, 11) is 2.97. The molecule has 8 saturated heterocycles. The summed E-state index contributed by atoms with van der Waals surface area (Å²) in [4.78, 5) is 43.3. The maximum absolute atomic E-state index is 13.5. The quantitative estimate of drug-likeness (QED) is 0.0391. The zero-order valence-electron chi connectivity index (χ0n) is 80.1. The lowest BCUT2D eigenvalue weighted by atomic mass is 10.1. The number of methoxy groups -OCH3 is 2. The molecule has 16 heterocycles. The second kappa shape index (κ2) is 53.5. The molecule has 716 valence electrons. The van der Waals surface area contributed by atoms with E-state index in [4.69, 9.17) is 81.9 Å². The van der Waals surface area contributed by atoms with Gasteiger partial charge in [0, 0.05) is 220 Å². The van der Waals surface area contributed by atoms with Gasteiger partial charge in [-0.1, -0.05) is 29.8 Å². The van der Waals surface area contributed by atoms with Gasteiger partial charge < -0.3 is 75.2 Å². The second-order valence-corrected chi connectivity index (χ2v) is 36.6. The van der Waals surface area contributed by atoms with Crippen molar-refractivity contribution in [1.82, 2.24) is 89.5 Å². The van der Waals surface area contributed by atoms with E-state index >= 15 is 0 Å². The first kappa shape index (κ1) is 105. The second-order valence-electron chi connectivity index (χ2n) is 36.2. The molecular formula is C96H148ClFN22O10. The van der Waals surface area contributed by atoms with Crippen LogP contribution in [0.3, 0.4) is 0 Å². The number of hydrogen-bond acceptors (Lipinski definition) is 32. The Morgan fingerprint density at radius 2 is 0.708 bits per heavy atom. The Hall–Kier alpha value is -9.20. The highest BCUT2D eigenvalue weighted by Gasteiger charge is 2.38. The molecule has 8 aliphatic heterocycles. The summed E-state index contributed by atoms with van der Waals surface area (Å²) in [5, 5.41) is 16.0. The Kier molecular flexibility index (Phi) is 43.0. The zero-order chi connectivity index (χ0) is 93.9. The van der Waals surface area contributed by atoms with Crippen molar-refractivity contribution in [1.29, 1.82) is 0 Å². The Balaban J connectivity index is 0.000000168. The van der Waals surface area contributed by atoms with Crippen molar-refractivity contribution in [3.05, 3.63) is 169 Å². The van der Waals surface area contributed by atoms with Gasteiger partial charge in [0.05, 0.1) is 62.7 Å². The lowest BCUT2D eigenvalue weighted by Crippen LogP contribution is -2.56. The van der Waals surface area contributed by atoms with E-state index in [-0.39, 0.29) is 54.5 Å². The van der Waals surface area contributed by atoms with Gasteiger partial charge in [-0.3, -0.25) is 39.3 Å². The van der Waals surface area contributed by atoms with Crippen molar-refractivity contribution in [3.8, 4) is 58.4 Å². The molecule has 0 aromatic carbocycles. The van der Waals surface area contributed by atoms with Crippen LogP contribution in [0.25, 0.3) is 0 Å². The molecule has 8 fully saturated rings. The van der Waals surface area contributed by atoms with E-state index in [1.165, 1.54) is 19.4 Å². The number of rotatable bonds is 26. The summed E-state index contributed by atoms with van der Waals surface area (Å²) >= 11 is 5.66. The molecule has 16 rings (SSSR count). The van der Waals surface area contributed by atoms with Crippen molar-refractivity contribution in [3.63, 3.8) is 0 Å². The third-order valence-electron chi connectivity index (χ3n) is 23.7. The van der Waals surface area contributed by atoms with Crippen LogP contribution in [0.15, 0.2) is 153 Å². The van der Waals surface area contributed by atoms with Gasteiger partial charge in [-0.15, -0.1) is 15.3 Å². The molecule has 130 heavy (non-hydrogen) atoms. The number of piperidine rings is 1. The van der Waals surface area contributed by atoms with Gasteiger partial charge >= 0.3 is 0 Å². The number of aromatic nitrogens is 10. The topological polar surface area (TPSA) is 351 Å². The molecule has 0 aliphatic carbocycles. The van der Waals surface area contributed by atoms with E-state index in [0.29, 0.717) is 107 Å². The third kappa shape index (κ3) is 35.1. The van der Waals surface area contributed by atoms with Crippen molar-refractivity contribution < 1.29 is 51.8 Å². The van der Waals surface area contributed by atoms with Crippen LogP contribution in [-0.2, 0) is 0 Å². The number of ether oxygens (including phenoxy) is 10. The number of nitrogens with zero attached hydrogens (tertiary/aromatic N) is 18. The number of likely N-dealkylation sites (tertiary alicyclic amines) is 8. The van der Waals surface area contributed by atoms with E-state index in [1.54, 1.807) is 62.5 Å². The number of halogens is 2. The van der Waals surface area contributed by atoms with E-state index in [9.17, 15) is 4.39 Å². The van der Waals surface area contributed by atoms with Crippen LogP contribution in [0, 0.1) is 12.7 Å². The highest BCUT2D eigenvalue weighted by atomic mass is 35.5. The summed E-state index contributed by atoms with van der Waals surface area (Å²) in [5.41, 5.74) is 25.2. The fourth-order valence-electron chi connectivity index (χ4n) is 15.3. The molecule has 0 spiro atoms. The molecule has 9 unspecified atom stereocenters. The Morgan fingerprint density at radius 1 is 0.323 bits per heavy atom. The monoisotopic (exact) mass is 1820 g/mol. The van der Waals surface area contributed by atoms with Gasteiger partial charge in [0.2, 0.25) is 41.2 Å². The third-order valence-corrected chi connectivity index (χ3v) is 23.9. The summed E-state index contributed by atoms with van der Waals surface area (Å²) < 4.78 is 69.5. The average molecular weight is 1820 g/mol. The normalized spacial score (nSPS) is 22.4. The van der Waals surface area contributed by atoms with Crippen LogP contribution in [0.4, 0.5) is 4.39 Å². The average Bonchev–Trinajstić information content (AvgIpc) is 1.82. The molecule has 0 bridgehead atoms. The van der Waals surface area contributed by atoms with Crippen molar-refractivity contribution in [2.24, 2.45) is 22.9 Å². The fraction of sp³-hybridized carbons (Fsp3) is 0.604. The SMILES string of the molecule is CC(C)N1CC(N)C(Oc2ccc(Cl)nn2)C1.CC(C)N1CC(N)C(Oc2ccccn2)C1.CC(C)N1CC(Oc2ccccn2)C1.CC(C)N1CC(Oc2cccnc2)C1.CC(C)N1CCC(Oc2ccccn2)C1.COc1ccc(OC2CN(C(C)C)CC2N)cn1.COc1ncc(OC2CN(C(C)C)CC2N)cc1F.Cc1ccc(OC2CCN(C(C)C)CC2)nn1. The first-order valence-electron chi connectivity index (χ1n) is 46.1. The predicted molar refractivity (Wildman–Crippen MR) is 507 cm³/mol. The number of nitrogens with two attached hydrogens (primary N) is 4. The van der Waals surface area contributed by atoms with Crippen LogP contribution in [0.2, 0.25) is 5.15 Å².